The number of benzene rings is 2. The van der Waals surface area contributed by atoms with E-state index in [1.165, 1.54) is 0 Å². The molecule has 0 N–H and O–H groups in total. The van der Waals surface area contributed by atoms with Gasteiger partial charge in [0.25, 0.3) is 11.3 Å². The highest BCUT2D eigenvalue weighted by atomic mass is 16.5. The highest BCUT2D eigenvalue weighted by molar-refractivity contribution is 5.94. The maximum Gasteiger partial charge on any atom is 0.262 e. The van der Waals surface area contributed by atoms with Gasteiger partial charge in [0.2, 0.25) is 0 Å². The van der Waals surface area contributed by atoms with Gasteiger partial charge in [-0.05, 0) is 49.2 Å². The first-order valence-electron chi connectivity index (χ1n) is 10.6. The van der Waals surface area contributed by atoms with Crippen LogP contribution in [0.3, 0.4) is 0 Å². The van der Waals surface area contributed by atoms with E-state index < -0.39 is 0 Å². The second-order valence-corrected chi connectivity index (χ2v) is 7.70. The maximum absolute atomic E-state index is 13.7. The normalized spacial score (nSPS) is 11.2. The molecule has 0 saturated carbocycles. The lowest BCUT2D eigenvalue weighted by Crippen LogP contribution is -2.22. The van der Waals surface area contributed by atoms with Gasteiger partial charge in [0.1, 0.15) is 17.3 Å². The van der Waals surface area contributed by atoms with Gasteiger partial charge >= 0.3 is 0 Å². The summed E-state index contributed by atoms with van der Waals surface area (Å²) >= 11 is 0. The van der Waals surface area contributed by atoms with Crippen LogP contribution in [0.1, 0.15) is 11.4 Å². The number of hydrogen-bond acceptors (Lipinski definition) is 6. The number of fused-ring (bicyclic) bond motifs is 2. The number of hydrogen-bond donors (Lipinski definition) is 0. The predicted octanol–water partition coefficient (Wildman–Crippen LogP) is 3.67. The first kappa shape index (κ1) is 20.7. The van der Waals surface area contributed by atoms with Crippen molar-refractivity contribution in [2.75, 3.05) is 14.2 Å². The first-order valence-corrected chi connectivity index (χ1v) is 10.6. The van der Waals surface area contributed by atoms with Crippen LogP contribution < -0.4 is 15.0 Å². The number of nitrogens with zero attached hydrogens (tertiary/aromatic N) is 5. The van der Waals surface area contributed by atoms with Crippen LogP contribution in [-0.4, -0.2) is 38.4 Å². The summed E-state index contributed by atoms with van der Waals surface area (Å²) in [6.45, 7) is 2.33. The van der Waals surface area contributed by atoms with Crippen molar-refractivity contribution in [1.29, 1.82) is 0 Å². The monoisotopic (exact) mass is 441 g/mol. The Morgan fingerprint density at radius 1 is 0.939 bits per heavy atom. The molecule has 8 heteroatoms. The first-order chi connectivity index (χ1) is 16.1. The molecule has 0 fully saturated rings. The Labute approximate surface area is 190 Å². The average Bonchev–Trinajstić information content (AvgIpc) is 3.22. The number of rotatable bonds is 6. The maximum atomic E-state index is 13.7. The van der Waals surface area contributed by atoms with Gasteiger partial charge in [-0.1, -0.05) is 24.3 Å². The summed E-state index contributed by atoms with van der Waals surface area (Å²) in [6, 6.07) is 17.3. The van der Waals surface area contributed by atoms with E-state index in [9.17, 15) is 4.79 Å². The molecule has 0 aliphatic carbocycles. The lowest BCUT2D eigenvalue weighted by atomic mass is 10.1. The molecule has 5 aromatic rings. The molecule has 0 spiro atoms. The second kappa shape index (κ2) is 8.38. The highest BCUT2D eigenvalue weighted by Crippen LogP contribution is 2.33. The molecule has 0 amide bonds. The highest BCUT2D eigenvalue weighted by Gasteiger charge is 2.20. The summed E-state index contributed by atoms with van der Waals surface area (Å²) in [4.78, 5) is 22.7. The second-order valence-electron chi connectivity index (χ2n) is 7.70. The molecule has 8 nitrogen and oxygen atoms in total. The Morgan fingerprint density at radius 2 is 1.73 bits per heavy atom. The van der Waals surface area contributed by atoms with Gasteiger partial charge in [0.15, 0.2) is 0 Å². The van der Waals surface area contributed by atoms with Crippen LogP contribution in [0, 0.1) is 6.92 Å². The minimum Gasteiger partial charge on any atom is -0.497 e. The number of aryl methyl sites for hydroxylation is 3. The molecule has 0 radical (unpaired) electrons. The molecule has 166 valence electrons. The number of ether oxygens (including phenoxy) is 2. The fraction of sp³-hybridized carbons (Fsp3) is 0.200. The third-order valence-electron chi connectivity index (χ3n) is 5.67. The molecule has 33 heavy (non-hydrogen) atoms. The van der Waals surface area contributed by atoms with E-state index in [2.05, 4.69) is 15.1 Å². The van der Waals surface area contributed by atoms with Gasteiger partial charge in [-0.3, -0.25) is 4.79 Å². The third kappa shape index (κ3) is 3.69. The van der Waals surface area contributed by atoms with E-state index in [1.807, 2.05) is 54.6 Å². The summed E-state index contributed by atoms with van der Waals surface area (Å²) in [6.07, 6.45) is 2.49. The molecule has 5 rings (SSSR count). The Kier molecular flexibility index (Phi) is 5.26. The van der Waals surface area contributed by atoms with Crippen LogP contribution in [0.15, 0.2) is 65.6 Å². The molecule has 0 aliphatic heterocycles. The third-order valence-corrected chi connectivity index (χ3v) is 5.67. The van der Waals surface area contributed by atoms with Crippen LogP contribution in [0.2, 0.25) is 0 Å². The summed E-state index contributed by atoms with van der Waals surface area (Å²) < 4.78 is 14.2. The van der Waals surface area contributed by atoms with Crippen molar-refractivity contribution in [3.8, 4) is 22.8 Å². The summed E-state index contributed by atoms with van der Waals surface area (Å²) in [5.41, 5.74) is 2.93. The lowest BCUT2D eigenvalue weighted by molar-refractivity contribution is 0.414. The molecule has 0 unspecified atom stereocenters. The van der Waals surface area contributed by atoms with Crippen molar-refractivity contribution in [1.82, 2.24) is 24.1 Å². The van der Waals surface area contributed by atoms with Crippen LogP contribution in [0.25, 0.3) is 27.9 Å². The van der Waals surface area contributed by atoms with Crippen molar-refractivity contribution in [2.45, 2.75) is 19.9 Å². The molecule has 0 saturated heterocycles. The Bertz CT molecular complexity index is 1520. The molecule has 2 aromatic carbocycles. The van der Waals surface area contributed by atoms with Crippen LogP contribution in [0.5, 0.6) is 11.5 Å². The molecule has 3 aromatic heterocycles. The van der Waals surface area contributed by atoms with Gasteiger partial charge in [-0.15, -0.1) is 5.10 Å². The van der Waals surface area contributed by atoms with E-state index in [0.717, 1.165) is 16.9 Å². The van der Waals surface area contributed by atoms with Gasteiger partial charge in [-0.2, -0.15) is 9.50 Å². The molecule has 0 aliphatic rings. The number of para-hydroxylation sites is 1. The molecular weight excluding hydrogens is 418 g/mol. The number of pyridine rings is 1. The van der Waals surface area contributed by atoms with Crippen molar-refractivity contribution in [3.63, 3.8) is 0 Å². The van der Waals surface area contributed by atoms with E-state index in [1.54, 1.807) is 36.4 Å². The minimum absolute atomic E-state index is 0.135. The zero-order valence-corrected chi connectivity index (χ0v) is 18.6. The standard InChI is InChI=1S/C25H23N5O3/c1-16-26-25-27-20-13-15-29(14-12-17-8-10-18(32-2)11-9-17)24(31)22(20)23(30(25)28-16)19-6-4-5-7-21(19)33-3/h4-11,13,15H,12,14H2,1-3H3. The minimum atomic E-state index is -0.135. The number of aromatic nitrogens is 5. The van der Waals surface area contributed by atoms with Gasteiger partial charge < -0.3 is 14.0 Å². The quantitative estimate of drug-likeness (QED) is 0.400. The molecule has 0 bridgehead atoms. The summed E-state index contributed by atoms with van der Waals surface area (Å²) in [5.74, 6) is 2.47. The SMILES string of the molecule is COc1ccc(CCn2ccc3nc4nc(C)nn4c(-c4ccccc4OC)c3c2=O)cc1. The van der Waals surface area contributed by atoms with E-state index in [-0.39, 0.29) is 5.56 Å². The Morgan fingerprint density at radius 3 is 2.48 bits per heavy atom. The summed E-state index contributed by atoms with van der Waals surface area (Å²) in [7, 11) is 3.25. The van der Waals surface area contributed by atoms with E-state index >= 15 is 0 Å². The largest absolute Gasteiger partial charge is 0.497 e. The fourth-order valence-corrected chi connectivity index (χ4v) is 4.03. The molecular formula is C25H23N5O3. The van der Waals surface area contributed by atoms with E-state index in [0.29, 0.717) is 46.9 Å². The van der Waals surface area contributed by atoms with Crippen molar-refractivity contribution in [3.05, 3.63) is 82.5 Å². The van der Waals surface area contributed by atoms with Crippen molar-refractivity contribution in [2.24, 2.45) is 0 Å². The van der Waals surface area contributed by atoms with Gasteiger partial charge in [0.05, 0.1) is 30.8 Å². The van der Waals surface area contributed by atoms with Crippen molar-refractivity contribution >= 4 is 16.7 Å². The van der Waals surface area contributed by atoms with Crippen molar-refractivity contribution < 1.29 is 9.47 Å². The predicted molar refractivity (Wildman–Crippen MR) is 126 cm³/mol. The molecule has 0 atom stereocenters. The van der Waals surface area contributed by atoms with Gasteiger partial charge in [0, 0.05) is 18.3 Å². The topological polar surface area (TPSA) is 83.5 Å². The number of methoxy groups -OCH3 is 2. The molecule has 3 heterocycles. The average molecular weight is 441 g/mol. The van der Waals surface area contributed by atoms with E-state index in [4.69, 9.17) is 9.47 Å². The smallest absolute Gasteiger partial charge is 0.262 e. The Hall–Kier alpha value is -4.20. The fourth-order valence-electron chi connectivity index (χ4n) is 4.03. The summed E-state index contributed by atoms with van der Waals surface area (Å²) in [5, 5.41) is 5.00. The Balaban J connectivity index is 1.68. The zero-order valence-electron chi connectivity index (χ0n) is 18.6. The van der Waals surface area contributed by atoms with Gasteiger partial charge in [-0.25, -0.2) is 4.98 Å². The zero-order chi connectivity index (χ0) is 22.9. The van der Waals surface area contributed by atoms with Crippen LogP contribution in [0.4, 0.5) is 0 Å². The van der Waals surface area contributed by atoms with Crippen LogP contribution in [-0.2, 0) is 13.0 Å². The van der Waals surface area contributed by atoms with Crippen LogP contribution >= 0.6 is 0 Å². The lowest BCUT2D eigenvalue weighted by Gasteiger charge is -2.13.